The minimum Gasteiger partial charge on any atom is -0.486 e. The van der Waals surface area contributed by atoms with Crippen LogP contribution in [0.2, 0.25) is 0 Å². The summed E-state index contributed by atoms with van der Waals surface area (Å²) in [6, 6.07) is 15.7. The fourth-order valence-electron chi connectivity index (χ4n) is 2.16. The summed E-state index contributed by atoms with van der Waals surface area (Å²) in [5.41, 5.74) is 0.764. The number of ether oxygens (including phenoxy) is 1. The van der Waals surface area contributed by atoms with Gasteiger partial charge >= 0.3 is 0 Å². The van der Waals surface area contributed by atoms with Gasteiger partial charge in [-0.2, -0.15) is 9.61 Å². The summed E-state index contributed by atoms with van der Waals surface area (Å²) in [5.74, 6) is 1.09. The van der Waals surface area contributed by atoms with Crippen LogP contribution in [0.5, 0.6) is 5.75 Å². The lowest BCUT2D eigenvalue weighted by molar-refractivity contribution is 0.304. The summed E-state index contributed by atoms with van der Waals surface area (Å²) < 4.78 is 20.4. The molecule has 0 fully saturated rings. The third-order valence-electron chi connectivity index (χ3n) is 3.24. The first-order chi connectivity index (χ1) is 11.3. The Morgan fingerprint density at radius 2 is 1.78 bits per heavy atom. The highest BCUT2D eigenvalue weighted by Gasteiger charge is 2.13. The summed E-state index contributed by atoms with van der Waals surface area (Å²) in [6.07, 6.45) is 0. The molecule has 0 saturated carbocycles. The lowest BCUT2D eigenvalue weighted by Crippen LogP contribution is -1.97. The summed E-state index contributed by atoms with van der Waals surface area (Å²) in [7, 11) is 0. The minimum absolute atomic E-state index is 0.287. The molecule has 0 radical (unpaired) electrons. The monoisotopic (exact) mass is 326 g/mol. The molecule has 5 nitrogen and oxygen atoms in total. The zero-order valence-electron chi connectivity index (χ0n) is 11.9. The van der Waals surface area contributed by atoms with Gasteiger partial charge in [0.05, 0.1) is 0 Å². The van der Waals surface area contributed by atoms with Gasteiger partial charge in [0.1, 0.15) is 18.2 Å². The molecule has 7 heteroatoms. The Hall–Kier alpha value is -2.80. The molecular formula is C16H11FN4OS. The Balaban J connectivity index is 1.60. The van der Waals surface area contributed by atoms with Gasteiger partial charge in [0.25, 0.3) is 0 Å². The summed E-state index contributed by atoms with van der Waals surface area (Å²) >= 11 is 1.41. The van der Waals surface area contributed by atoms with Crippen LogP contribution in [0, 0.1) is 5.82 Å². The molecule has 114 valence electrons. The SMILES string of the molecule is Fc1ccc(-c2nnc3sc(COc4ccccc4)nn23)cc1. The van der Waals surface area contributed by atoms with E-state index < -0.39 is 0 Å². The molecule has 0 aliphatic carbocycles. The van der Waals surface area contributed by atoms with Crippen LogP contribution in [-0.2, 0) is 6.61 Å². The third kappa shape index (κ3) is 2.78. The second-order valence-electron chi connectivity index (χ2n) is 4.82. The highest BCUT2D eigenvalue weighted by atomic mass is 32.1. The molecule has 23 heavy (non-hydrogen) atoms. The highest BCUT2D eigenvalue weighted by Crippen LogP contribution is 2.22. The van der Waals surface area contributed by atoms with Gasteiger partial charge in [-0.25, -0.2) is 4.39 Å². The molecule has 0 aliphatic rings. The molecule has 0 spiro atoms. The van der Waals surface area contributed by atoms with Crippen LogP contribution in [0.4, 0.5) is 4.39 Å². The fraction of sp³-hybridized carbons (Fsp3) is 0.0625. The molecule has 0 saturated heterocycles. The van der Waals surface area contributed by atoms with Gasteiger partial charge in [0, 0.05) is 5.56 Å². The number of hydrogen-bond donors (Lipinski definition) is 0. The van der Waals surface area contributed by atoms with Crippen molar-refractivity contribution in [3.8, 4) is 17.1 Å². The van der Waals surface area contributed by atoms with Gasteiger partial charge in [-0.1, -0.05) is 29.5 Å². The van der Waals surface area contributed by atoms with E-state index in [0.717, 1.165) is 16.3 Å². The fourth-order valence-corrected chi connectivity index (χ4v) is 2.90. The Bertz CT molecular complexity index is 934. The Morgan fingerprint density at radius 1 is 1.00 bits per heavy atom. The van der Waals surface area contributed by atoms with Crippen LogP contribution in [0.25, 0.3) is 16.3 Å². The summed E-state index contributed by atoms with van der Waals surface area (Å²) in [6.45, 7) is 0.362. The first-order valence-corrected chi connectivity index (χ1v) is 7.76. The molecular weight excluding hydrogens is 315 g/mol. The number of nitrogens with zero attached hydrogens (tertiary/aromatic N) is 4. The smallest absolute Gasteiger partial charge is 0.235 e. The number of para-hydroxylation sites is 1. The number of benzene rings is 2. The zero-order valence-corrected chi connectivity index (χ0v) is 12.7. The van der Waals surface area contributed by atoms with Gasteiger partial charge in [-0.05, 0) is 36.4 Å². The lowest BCUT2D eigenvalue weighted by Gasteiger charge is -2.02. The molecule has 0 aliphatic heterocycles. The minimum atomic E-state index is -0.287. The van der Waals surface area contributed by atoms with Gasteiger partial charge in [0.2, 0.25) is 4.96 Å². The molecule has 0 atom stereocenters. The van der Waals surface area contributed by atoms with E-state index in [9.17, 15) is 4.39 Å². The number of fused-ring (bicyclic) bond motifs is 1. The summed E-state index contributed by atoms with van der Waals surface area (Å²) in [4.78, 5) is 0.677. The van der Waals surface area contributed by atoms with E-state index in [-0.39, 0.29) is 5.82 Å². The Labute approximate surface area is 135 Å². The van der Waals surface area contributed by atoms with E-state index in [0.29, 0.717) is 17.4 Å². The number of hydrogen-bond acceptors (Lipinski definition) is 5. The highest BCUT2D eigenvalue weighted by molar-refractivity contribution is 7.16. The molecule has 0 bridgehead atoms. The Kier molecular flexibility index (Phi) is 3.47. The predicted molar refractivity (Wildman–Crippen MR) is 84.8 cm³/mol. The van der Waals surface area contributed by atoms with Crippen molar-refractivity contribution in [1.82, 2.24) is 19.8 Å². The number of rotatable bonds is 4. The maximum Gasteiger partial charge on any atom is 0.235 e. The molecule has 2 aromatic carbocycles. The van der Waals surface area contributed by atoms with E-state index in [1.807, 2.05) is 30.3 Å². The average Bonchev–Trinajstić information content (AvgIpc) is 3.15. The van der Waals surface area contributed by atoms with Crippen molar-refractivity contribution < 1.29 is 9.13 Å². The van der Waals surface area contributed by atoms with E-state index in [2.05, 4.69) is 15.3 Å². The van der Waals surface area contributed by atoms with Crippen molar-refractivity contribution in [3.05, 3.63) is 65.4 Å². The summed E-state index contributed by atoms with van der Waals surface area (Å²) in [5, 5.41) is 13.5. The first kappa shape index (κ1) is 13.8. The Morgan fingerprint density at radius 3 is 2.57 bits per heavy atom. The molecule has 2 aromatic heterocycles. The molecule has 0 N–H and O–H groups in total. The van der Waals surface area contributed by atoms with Crippen molar-refractivity contribution in [2.24, 2.45) is 0 Å². The van der Waals surface area contributed by atoms with Crippen molar-refractivity contribution >= 4 is 16.3 Å². The van der Waals surface area contributed by atoms with Gasteiger partial charge < -0.3 is 4.74 Å². The van der Waals surface area contributed by atoms with Crippen LogP contribution in [0.1, 0.15) is 5.01 Å². The first-order valence-electron chi connectivity index (χ1n) is 6.94. The van der Waals surface area contributed by atoms with Gasteiger partial charge in [-0.3, -0.25) is 0 Å². The number of halogens is 1. The predicted octanol–water partition coefficient (Wildman–Crippen LogP) is 3.57. The third-order valence-corrected chi connectivity index (χ3v) is 4.11. The van der Waals surface area contributed by atoms with Crippen LogP contribution in [0.15, 0.2) is 54.6 Å². The van der Waals surface area contributed by atoms with Crippen LogP contribution < -0.4 is 4.74 Å². The van der Waals surface area contributed by atoms with Crippen LogP contribution in [-0.4, -0.2) is 19.8 Å². The quantitative estimate of drug-likeness (QED) is 0.575. The van der Waals surface area contributed by atoms with Crippen molar-refractivity contribution in [3.63, 3.8) is 0 Å². The maximum atomic E-state index is 13.0. The topological polar surface area (TPSA) is 52.3 Å². The largest absolute Gasteiger partial charge is 0.486 e. The van der Waals surface area contributed by atoms with Gasteiger partial charge in [0.15, 0.2) is 10.8 Å². The average molecular weight is 326 g/mol. The molecule has 2 heterocycles. The van der Waals surface area contributed by atoms with E-state index in [1.54, 1.807) is 16.6 Å². The second kappa shape index (κ2) is 5.77. The van der Waals surface area contributed by atoms with Crippen molar-refractivity contribution in [2.75, 3.05) is 0 Å². The molecule has 4 aromatic rings. The zero-order chi connectivity index (χ0) is 15.6. The second-order valence-corrected chi connectivity index (χ2v) is 5.86. The molecule has 4 rings (SSSR count). The lowest BCUT2D eigenvalue weighted by atomic mass is 10.2. The maximum absolute atomic E-state index is 13.0. The molecule has 0 unspecified atom stereocenters. The van der Waals surface area contributed by atoms with E-state index in [1.165, 1.54) is 23.5 Å². The van der Waals surface area contributed by atoms with Crippen molar-refractivity contribution in [1.29, 1.82) is 0 Å². The van der Waals surface area contributed by atoms with E-state index >= 15 is 0 Å². The van der Waals surface area contributed by atoms with Gasteiger partial charge in [-0.15, -0.1) is 10.2 Å². The number of aromatic nitrogens is 4. The molecule has 0 amide bonds. The van der Waals surface area contributed by atoms with Crippen LogP contribution in [0.3, 0.4) is 0 Å². The van der Waals surface area contributed by atoms with Crippen LogP contribution >= 0.6 is 11.3 Å². The standard InChI is InChI=1S/C16H11FN4OS/c17-12-8-6-11(7-9-12)15-18-19-16-21(15)20-14(23-16)10-22-13-4-2-1-3-5-13/h1-9H,10H2. The van der Waals surface area contributed by atoms with E-state index in [4.69, 9.17) is 4.74 Å². The van der Waals surface area contributed by atoms with Crippen molar-refractivity contribution in [2.45, 2.75) is 6.61 Å². The normalized spacial score (nSPS) is 11.0.